The summed E-state index contributed by atoms with van der Waals surface area (Å²) < 4.78 is 0. The third-order valence-corrected chi connectivity index (χ3v) is 2.41. The smallest absolute Gasteiger partial charge is 0.190 e. The van der Waals surface area contributed by atoms with Gasteiger partial charge in [0, 0.05) is 5.56 Å². The van der Waals surface area contributed by atoms with Gasteiger partial charge in [-0.15, -0.1) is 0 Å². The van der Waals surface area contributed by atoms with Gasteiger partial charge in [0.15, 0.2) is 5.78 Å². The quantitative estimate of drug-likeness (QED) is 0.756. The number of fused-ring (bicyclic) bond motifs is 1. The predicted molar refractivity (Wildman–Crippen MR) is 60.0 cm³/mol. The maximum absolute atomic E-state index is 11.5. The number of carbonyl (C=O) groups is 1. The van der Waals surface area contributed by atoms with Gasteiger partial charge in [0.1, 0.15) is 6.10 Å². The molecule has 0 aliphatic carbocycles. The van der Waals surface area contributed by atoms with Crippen molar-refractivity contribution in [2.75, 3.05) is 0 Å². The van der Waals surface area contributed by atoms with Gasteiger partial charge >= 0.3 is 0 Å². The van der Waals surface area contributed by atoms with Gasteiger partial charge in [-0.25, -0.2) is 0 Å². The fourth-order valence-corrected chi connectivity index (χ4v) is 1.58. The van der Waals surface area contributed by atoms with E-state index in [1.54, 1.807) is 6.07 Å². The molecule has 2 heteroatoms. The Morgan fingerprint density at radius 1 is 1.13 bits per heavy atom. The molecule has 15 heavy (non-hydrogen) atoms. The third-order valence-electron chi connectivity index (χ3n) is 2.41. The first-order valence-electron chi connectivity index (χ1n) is 4.89. The lowest BCUT2D eigenvalue weighted by atomic mass is 10.0. The van der Waals surface area contributed by atoms with Crippen LogP contribution >= 0.6 is 0 Å². The zero-order valence-corrected chi connectivity index (χ0v) is 8.47. The van der Waals surface area contributed by atoms with E-state index < -0.39 is 6.10 Å². The lowest BCUT2D eigenvalue weighted by Gasteiger charge is -2.04. The highest BCUT2D eigenvalue weighted by molar-refractivity contribution is 6.02. The average Bonchev–Trinajstić information content (AvgIpc) is 2.27. The molecule has 0 bridgehead atoms. The second kappa shape index (κ2) is 3.83. The zero-order chi connectivity index (χ0) is 10.8. The molecule has 0 amide bonds. The van der Waals surface area contributed by atoms with Crippen molar-refractivity contribution in [1.82, 2.24) is 0 Å². The third kappa shape index (κ3) is 1.90. The molecule has 2 aromatic rings. The monoisotopic (exact) mass is 200 g/mol. The Morgan fingerprint density at radius 3 is 2.47 bits per heavy atom. The number of hydrogen-bond acceptors (Lipinski definition) is 2. The summed E-state index contributed by atoms with van der Waals surface area (Å²) in [5, 5.41) is 11.3. The first-order valence-corrected chi connectivity index (χ1v) is 4.89. The summed E-state index contributed by atoms with van der Waals surface area (Å²) in [4.78, 5) is 11.5. The van der Waals surface area contributed by atoms with Crippen LogP contribution in [0.4, 0.5) is 0 Å². The van der Waals surface area contributed by atoms with Crippen molar-refractivity contribution in [2.45, 2.75) is 13.0 Å². The molecule has 2 rings (SSSR count). The van der Waals surface area contributed by atoms with Crippen molar-refractivity contribution >= 4 is 16.6 Å². The van der Waals surface area contributed by atoms with E-state index in [0.29, 0.717) is 5.56 Å². The summed E-state index contributed by atoms with van der Waals surface area (Å²) in [6.07, 6.45) is -0.939. The van der Waals surface area contributed by atoms with Gasteiger partial charge in [-0.3, -0.25) is 4.79 Å². The molecule has 0 aliphatic heterocycles. The number of benzene rings is 2. The van der Waals surface area contributed by atoms with Crippen LogP contribution in [0.2, 0.25) is 0 Å². The number of rotatable bonds is 2. The minimum Gasteiger partial charge on any atom is -0.385 e. The van der Waals surface area contributed by atoms with E-state index in [1.165, 1.54) is 6.92 Å². The van der Waals surface area contributed by atoms with Crippen LogP contribution in [-0.4, -0.2) is 17.0 Å². The molecule has 1 N–H and O–H groups in total. The molecule has 1 unspecified atom stereocenters. The van der Waals surface area contributed by atoms with Gasteiger partial charge in [-0.1, -0.05) is 36.4 Å². The first-order chi connectivity index (χ1) is 7.18. The summed E-state index contributed by atoms with van der Waals surface area (Å²) in [5.74, 6) is -0.235. The van der Waals surface area contributed by atoms with Crippen LogP contribution in [0.1, 0.15) is 17.3 Å². The fraction of sp³-hybridized carbons (Fsp3) is 0.154. The Hall–Kier alpha value is -1.67. The van der Waals surface area contributed by atoms with Crippen LogP contribution in [0.25, 0.3) is 10.8 Å². The van der Waals surface area contributed by atoms with Crippen LogP contribution in [0.15, 0.2) is 42.5 Å². The standard InChI is InChI=1S/C13H12O2/c1-9(14)13(15)12-7-6-10-4-2-3-5-11(10)8-12/h2-9,14H,1H3. The van der Waals surface area contributed by atoms with Gasteiger partial charge in [0.2, 0.25) is 0 Å². The highest BCUT2D eigenvalue weighted by Crippen LogP contribution is 2.16. The number of carbonyl (C=O) groups excluding carboxylic acids is 1. The second-order valence-corrected chi connectivity index (χ2v) is 3.60. The molecule has 0 heterocycles. The van der Waals surface area contributed by atoms with Gasteiger partial charge in [-0.2, -0.15) is 0 Å². The van der Waals surface area contributed by atoms with Crippen molar-refractivity contribution in [2.24, 2.45) is 0 Å². The van der Waals surface area contributed by atoms with Crippen molar-refractivity contribution < 1.29 is 9.90 Å². The zero-order valence-electron chi connectivity index (χ0n) is 8.47. The van der Waals surface area contributed by atoms with E-state index >= 15 is 0 Å². The van der Waals surface area contributed by atoms with Crippen molar-refractivity contribution in [3.05, 3.63) is 48.0 Å². The largest absolute Gasteiger partial charge is 0.385 e. The van der Waals surface area contributed by atoms with Gasteiger partial charge < -0.3 is 5.11 Å². The normalized spacial score (nSPS) is 12.7. The molecule has 76 valence electrons. The highest BCUT2D eigenvalue weighted by Gasteiger charge is 2.11. The summed E-state index contributed by atoms with van der Waals surface area (Å²) in [7, 11) is 0. The minimum atomic E-state index is -0.939. The maximum Gasteiger partial charge on any atom is 0.190 e. The molecule has 0 saturated heterocycles. The average molecular weight is 200 g/mol. The molecule has 0 saturated carbocycles. The molecule has 2 nitrogen and oxygen atoms in total. The molecular formula is C13H12O2. The maximum atomic E-state index is 11.5. The SMILES string of the molecule is CC(O)C(=O)c1ccc2ccccc2c1. The lowest BCUT2D eigenvalue weighted by Crippen LogP contribution is -2.15. The highest BCUT2D eigenvalue weighted by atomic mass is 16.3. The second-order valence-electron chi connectivity index (χ2n) is 3.60. The molecule has 0 radical (unpaired) electrons. The molecule has 0 aromatic heterocycles. The Balaban J connectivity index is 2.52. The fourth-order valence-electron chi connectivity index (χ4n) is 1.58. The number of Topliss-reactive ketones (excluding diaryl/α,β-unsaturated/α-hetero) is 1. The molecular weight excluding hydrogens is 188 g/mol. The molecule has 0 fully saturated rings. The Kier molecular flexibility index (Phi) is 2.52. The molecule has 1 atom stereocenters. The molecule has 0 spiro atoms. The van der Waals surface area contributed by atoms with E-state index in [2.05, 4.69) is 0 Å². The minimum absolute atomic E-state index is 0.235. The van der Waals surface area contributed by atoms with Gasteiger partial charge in [0.05, 0.1) is 0 Å². The topological polar surface area (TPSA) is 37.3 Å². The number of hydrogen-bond donors (Lipinski definition) is 1. The van der Waals surface area contributed by atoms with Crippen LogP contribution < -0.4 is 0 Å². The van der Waals surface area contributed by atoms with E-state index in [0.717, 1.165) is 10.8 Å². The first kappa shape index (κ1) is 9.87. The van der Waals surface area contributed by atoms with Crippen LogP contribution in [0.3, 0.4) is 0 Å². The summed E-state index contributed by atoms with van der Waals surface area (Å²) in [6.45, 7) is 1.48. The Bertz CT molecular complexity index is 501. The van der Waals surface area contributed by atoms with E-state index in [4.69, 9.17) is 0 Å². The van der Waals surface area contributed by atoms with E-state index in [-0.39, 0.29) is 5.78 Å². The van der Waals surface area contributed by atoms with Gasteiger partial charge in [-0.05, 0) is 23.8 Å². The van der Waals surface area contributed by atoms with Gasteiger partial charge in [0.25, 0.3) is 0 Å². The van der Waals surface area contributed by atoms with Crippen LogP contribution in [-0.2, 0) is 0 Å². The summed E-state index contributed by atoms with van der Waals surface area (Å²) in [5.41, 5.74) is 0.559. The summed E-state index contributed by atoms with van der Waals surface area (Å²) >= 11 is 0. The number of ketones is 1. The van der Waals surface area contributed by atoms with Crippen LogP contribution in [0.5, 0.6) is 0 Å². The number of aliphatic hydroxyl groups excluding tert-OH is 1. The lowest BCUT2D eigenvalue weighted by molar-refractivity contribution is 0.0779. The number of aliphatic hydroxyl groups is 1. The van der Waals surface area contributed by atoms with Crippen molar-refractivity contribution in [3.8, 4) is 0 Å². The Morgan fingerprint density at radius 2 is 1.80 bits per heavy atom. The van der Waals surface area contributed by atoms with Crippen LogP contribution in [0, 0.1) is 0 Å². The molecule has 2 aromatic carbocycles. The summed E-state index contributed by atoms with van der Waals surface area (Å²) in [6, 6.07) is 13.3. The van der Waals surface area contributed by atoms with Crippen molar-refractivity contribution in [1.29, 1.82) is 0 Å². The predicted octanol–water partition coefficient (Wildman–Crippen LogP) is 2.40. The van der Waals surface area contributed by atoms with E-state index in [9.17, 15) is 9.90 Å². The van der Waals surface area contributed by atoms with Crippen molar-refractivity contribution in [3.63, 3.8) is 0 Å². The van der Waals surface area contributed by atoms with E-state index in [1.807, 2.05) is 36.4 Å². The molecule has 0 aliphatic rings. The Labute approximate surface area is 88.2 Å².